The van der Waals surface area contributed by atoms with Crippen LogP contribution in [0.1, 0.15) is 239 Å². The van der Waals surface area contributed by atoms with Gasteiger partial charge in [0.2, 0.25) is 0 Å². The second-order valence-electron chi connectivity index (χ2n) is 13.3. The summed E-state index contributed by atoms with van der Waals surface area (Å²) in [6.07, 6.45) is 47.5. The van der Waals surface area contributed by atoms with E-state index in [0.717, 1.165) is 12.8 Å². The van der Waals surface area contributed by atoms with E-state index < -0.39 is 0 Å². The largest absolute Gasteiger partial charge is 0.466 e. The van der Waals surface area contributed by atoms with Gasteiger partial charge in [-0.2, -0.15) is 0 Å². The topological polar surface area (TPSA) is 26.3 Å². The minimum atomic E-state index is 0.0294. The molecule has 0 atom stereocenters. The molecule has 0 fully saturated rings. The number of carbonyl (C=O) groups is 1. The zero-order valence-corrected chi connectivity index (χ0v) is 28.8. The van der Waals surface area contributed by atoms with Crippen molar-refractivity contribution in [3.63, 3.8) is 0 Å². The Kier molecular flexibility index (Phi) is 37.0. The maximum Gasteiger partial charge on any atom is 0.305 e. The Morgan fingerprint density at radius 3 is 0.805 bits per heavy atom. The van der Waals surface area contributed by atoms with Gasteiger partial charge in [-0.25, -0.2) is 0 Å². The summed E-state index contributed by atoms with van der Waals surface area (Å²) in [5, 5.41) is 0. The molecule has 0 aliphatic rings. The van der Waals surface area contributed by atoms with E-state index in [4.69, 9.17) is 4.74 Å². The first-order valence-electron chi connectivity index (χ1n) is 19.5. The normalized spacial score (nSPS) is 11.4. The fraction of sp³-hybridized carbons (Fsp3) is 0.974. The van der Waals surface area contributed by atoms with Crippen LogP contribution in [0.2, 0.25) is 0 Å². The highest BCUT2D eigenvalue weighted by atomic mass is 16.5. The van der Waals surface area contributed by atoms with Crippen LogP contribution in [0.4, 0.5) is 0 Å². The summed E-state index contributed by atoms with van der Waals surface area (Å²) in [5.41, 5.74) is 0. The molecular formula is C39H78O2. The van der Waals surface area contributed by atoms with Gasteiger partial charge in [-0.05, 0) is 12.8 Å². The predicted molar refractivity (Wildman–Crippen MR) is 184 cm³/mol. The molecule has 0 saturated carbocycles. The molecule has 0 heterocycles. The molecule has 246 valence electrons. The number of ether oxygens (including phenoxy) is 1. The lowest BCUT2D eigenvalue weighted by Gasteiger charge is -2.06. The zero-order valence-electron chi connectivity index (χ0n) is 28.8. The number of unbranched alkanes of at least 4 members (excludes halogenated alkanes) is 32. The molecule has 0 amide bonds. The Morgan fingerprint density at radius 2 is 0.537 bits per heavy atom. The first-order chi connectivity index (χ1) is 20.3. The third-order valence-corrected chi connectivity index (χ3v) is 9.00. The summed E-state index contributed by atoms with van der Waals surface area (Å²) < 4.78 is 5.45. The number of hydrogen-bond acceptors (Lipinski definition) is 2. The molecule has 0 aliphatic carbocycles. The van der Waals surface area contributed by atoms with Crippen molar-refractivity contribution in [2.45, 2.75) is 239 Å². The summed E-state index contributed by atoms with van der Waals surface area (Å²) in [6, 6.07) is 0. The third kappa shape index (κ3) is 37.4. The van der Waals surface area contributed by atoms with Gasteiger partial charge in [0, 0.05) is 6.42 Å². The lowest BCUT2D eigenvalue weighted by molar-refractivity contribution is -0.143. The number of carbonyl (C=O) groups excluding carboxylic acids is 1. The molecule has 0 N–H and O–H groups in total. The Labute approximate surface area is 260 Å². The average molecular weight is 579 g/mol. The Morgan fingerprint density at radius 1 is 0.317 bits per heavy atom. The van der Waals surface area contributed by atoms with Gasteiger partial charge in [-0.1, -0.05) is 219 Å². The van der Waals surface area contributed by atoms with Crippen molar-refractivity contribution in [1.29, 1.82) is 0 Å². The highest BCUT2D eigenvalue weighted by molar-refractivity contribution is 5.69. The van der Waals surface area contributed by atoms with Crippen LogP contribution in [0.5, 0.6) is 0 Å². The van der Waals surface area contributed by atoms with Gasteiger partial charge in [0.05, 0.1) is 6.61 Å². The standard InChI is InChI=1S/C39H78O2/c1-3-5-7-9-11-13-15-17-19-20-21-22-23-24-26-28-30-32-34-36-38-41-39(40)37-35-33-31-29-27-25-18-16-14-12-10-8-6-4-2/h3-38H2,1-2H3. The van der Waals surface area contributed by atoms with Crippen molar-refractivity contribution in [2.24, 2.45) is 0 Å². The van der Waals surface area contributed by atoms with E-state index in [0.29, 0.717) is 13.0 Å². The summed E-state index contributed by atoms with van der Waals surface area (Å²) in [6.45, 7) is 5.22. The molecule has 0 unspecified atom stereocenters. The zero-order chi connectivity index (χ0) is 29.7. The Bertz CT molecular complexity index is 474. The van der Waals surface area contributed by atoms with Gasteiger partial charge in [0.25, 0.3) is 0 Å². The van der Waals surface area contributed by atoms with Crippen LogP contribution in [0.3, 0.4) is 0 Å². The molecule has 41 heavy (non-hydrogen) atoms. The van der Waals surface area contributed by atoms with E-state index in [2.05, 4.69) is 13.8 Å². The van der Waals surface area contributed by atoms with Crippen LogP contribution in [0, 0.1) is 0 Å². The summed E-state index contributed by atoms with van der Waals surface area (Å²) in [7, 11) is 0. The van der Waals surface area contributed by atoms with Crippen LogP contribution < -0.4 is 0 Å². The molecule has 0 aromatic carbocycles. The second-order valence-corrected chi connectivity index (χ2v) is 13.3. The predicted octanol–water partition coefficient (Wildman–Crippen LogP) is 14.2. The van der Waals surface area contributed by atoms with Gasteiger partial charge in [0.1, 0.15) is 0 Å². The fourth-order valence-corrected chi connectivity index (χ4v) is 6.08. The van der Waals surface area contributed by atoms with Gasteiger partial charge < -0.3 is 4.74 Å². The van der Waals surface area contributed by atoms with Crippen molar-refractivity contribution in [3.05, 3.63) is 0 Å². The number of hydrogen-bond donors (Lipinski definition) is 0. The van der Waals surface area contributed by atoms with Gasteiger partial charge in [-0.15, -0.1) is 0 Å². The smallest absolute Gasteiger partial charge is 0.305 e. The molecule has 0 saturated heterocycles. The van der Waals surface area contributed by atoms with Crippen LogP contribution >= 0.6 is 0 Å². The molecule has 0 rings (SSSR count). The fourth-order valence-electron chi connectivity index (χ4n) is 6.08. The second kappa shape index (κ2) is 37.5. The van der Waals surface area contributed by atoms with E-state index in [-0.39, 0.29) is 5.97 Å². The van der Waals surface area contributed by atoms with Crippen LogP contribution in [0.25, 0.3) is 0 Å². The van der Waals surface area contributed by atoms with E-state index >= 15 is 0 Å². The van der Waals surface area contributed by atoms with E-state index in [1.165, 1.54) is 205 Å². The van der Waals surface area contributed by atoms with E-state index in [1.807, 2.05) is 0 Å². The highest BCUT2D eigenvalue weighted by Crippen LogP contribution is 2.16. The Hall–Kier alpha value is -0.530. The van der Waals surface area contributed by atoms with E-state index in [1.54, 1.807) is 0 Å². The van der Waals surface area contributed by atoms with Crippen molar-refractivity contribution in [3.8, 4) is 0 Å². The maximum absolute atomic E-state index is 11.9. The number of esters is 1. The Balaban J connectivity index is 3.13. The first-order valence-corrected chi connectivity index (χ1v) is 19.5. The molecule has 0 radical (unpaired) electrons. The molecule has 0 bridgehead atoms. The number of rotatable bonds is 36. The molecule has 0 aromatic rings. The molecule has 0 spiro atoms. The minimum absolute atomic E-state index is 0.0294. The molecule has 0 aliphatic heterocycles. The summed E-state index contributed by atoms with van der Waals surface area (Å²) in [5.74, 6) is 0.0294. The first kappa shape index (κ1) is 40.5. The lowest BCUT2D eigenvalue weighted by atomic mass is 10.0. The summed E-state index contributed by atoms with van der Waals surface area (Å²) >= 11 is 0. The average Bonchev–Trinajstić information content (AvgIpc) is 2.98. The summed E-state index contributed by atoms with van der Waals surface area (Å²) in [4.78, 5) is 11.9. The lowest BCUT2D eigenvalue weighted by Crippen LogP contribution is -2.05. The van der Waals surface area contributed by atoms with Crippen LogP contribution in [-0.4, -0.2) is 12.6 Å². The van der Waals surface area contributed by atoms with Gasteiger partial charge >= 0.3 is 5.97 Å². The SMILES string of the molecule is CCCCCCCCCCCCCCCCCCCCCCOC(=O)CCCCCCCCCCCCCCCC. The van der Waals surface area contributed by atoms with Gasteiger partial charge in [-0.3, -0.25) is 4.79 Å². The van der Waals surface area contributed by atoms with Crippen molar-refractivity contribution < 1.29 is 9.53 Å². The van der Waals surface area contributed by atoms with Gasteiger partial charge in [0.15, 0.2) is 0 Å². The van der Waals surface area contributed by atoms with E-state index in [9.17, 15) is 4.79 Å². The van der Waals surface area contributed by atoms with Crippen molar-refractivity contribution in [2.75, 3.05) is 6.61 Å². The highest BCUT2D eigenvalue weighted by Gasteiger charge is 2.03. The molecule has 2 heteroatoms. The monoisotopic (exact) mass is 579 g/mol. The molecule has 0 aromatic heterocycles. The van der Waals surface area contributed by atoms with Crippen molar-refractivity contribution in [1.82, 2.24) is 0 Å². The van der Waals surface area contributed by atoms with Crippen LogP contribution in [-0.2, 0) is 9.53 Å². The third-order valence-electron chi connectivity index (χ3n) is 9.00. The van der Waals surface area contributed by atoms with Crippen molar-refractivity contribution >= 4 is 5.97 Å². The van der Waals surface area contributed by atoms with Crippen LogP contribution in [0.15, 0.2) is 0 Å². The maximum atomic E-state index is 11.9. The minimum Gasteiger partial charge on any atom is -0.466 e. The quantitative estimate of drug-likeness (QED) is 0.0546. The molecular weight excluding hydrogens is 500 g/mol. The molecule has 2 nitrogen and oxygen atoms in total.